The Morgan fingerprint density at radius 2 is 2.14 bits per heavy atom. The Bertz CT molecular complexity index is 783. The molecule has 0 amide bonds. The predicted molar refractivity (Wildman–Crippen MR) is 83.8 cm³/mol. The molecule has 1 aromatic carbocycles. The summed E-state index contributed by atoms with van der Waals surface area (Å²) in [4.78, 5) is 4.83. The number of allylic oxidation sites excluding steroid dienone is 1. The standard InChI is InChI=1S/C17H18N2O3/c1-2-13-17-12(8-18-13)10(4-3-5-20)11-6-15-16(22-9-21-15)7-14(11)19-17/h2,6-7,18,20H,3-5,8-9H2,1H3/b13-2-. The molecule has 5 heteroatoms. The second-order valence-electron chi connectivity index (χ2n) is 5.52. The highest BCUT2D eigenvalue weighted by Crippen LogP contribution is 2.39. The fraction of sp³-hybridized carbons (Fsp3) is 0.353. The molecular formula is C17H18N2O3. The average Bonchev–Trinajstić information content (AvgIpc) is 3.15. The van der Waals surface area contributed by atoms with E-state index in [9.17, 15) is 5.11 Å². The van der Waals surface area contributed by atoms with E-state index in [2.05, 4.69) is 5.32 Å². The van der Waals surface area contributed by atoms with Gasteiger partial charge < -0.3 is 19.9 Å². The molecule has 0 aliphatic carbocycles. The van der Waals surface area contributed by atoms with Crippen LogP contribution in [0, 0.1) is 0 Å². The van der Waals surface area contributed by atoms with Crippen molar-refractivity contribution >= 4 is 16.6 Å². The minimum absolute atomic E-state index is 0.188. The van der Waals surface area contributed by atoms with Crippen molar-refractivity contribution in [2.75, 3.05) is 13.4 Å². The van der Waals surface area contributed by atoms with Crippen LogP contribution in [0.1, 0.15) is 30.2 Å². The van der Waals surface area contributed by atoms with Crippen molar-refractivity contribution in [3.63, 3.8) is 0 Å². The molecule has 0 radical (unpaired) electrons. The third kappa shape index (κ3) is 1.93. The number of aryl methyl sites for hydroxylation is 1. The van der Waals surface area contributed by atoms with E-state index in [0.717, 1.165) is 53.2 Å². The van der Waals surface area contributed by atoms with Gasteiger partial charge in [0.05, 0.1) is 16.9 Å². The summed E-state index contributed by atoms with van der Waals surface area (Å²) in [5.74, 6) is 1.53. The van der Waals surface area contributed by atoms with E-state index in [4.69, 9.17) is 14.5 Å². The zero-order chi connectivity index (χ0) is 15.1. The van der Waals surface area contributed by atoms with Crippen LogP contribution in [0.2, 0.25) is 0 Å². The molecule has 0 fully saturated rings. The van der Waals surface area contributed by atoms with Gasteiger partial charge in [0.25, 0.3) is 0 Å². The third-order valence-corrected chi connectivity index (χ3v) is 4.28. The molecule has 114 valence electrons. The number of nitrogens with one attached hydrogen (secondary N) is 1. The molecule has 4 rings (SSSR count). The fourth-order valence-corrected chi connectivity index (χ4v) is 3.22. The molecule has 0 atom stereocenters. The van der Waals surface area contributed by atoms with Gasteiger partial charge >= 0.3 is 0 Å². The van der Waals surface area contributed by atoms with Gasteiger partial charge in [0, 0.05) is 30.2 Å². The number of fused-ring (bicyclic) bond motifs is 3. The van der Waals surface area contributed by atoms with Crippen LogP contribution in [0.4, 0.5) is 0 Å². The molecule has 2 aliphatic heterocycles. The van der Waals surface area contributed by atoms with Crippen molar-refractivity contribution in [3.05, 3.63) is 35.0 Å². The van der Waals surface area contributed by atoms with Crippen LogP contribution < -0.4 is 14.8 Å². The van der Waals surface area contributed by atoms with Crippen molar-refractivity contribution < 1.29 is 14.6 Å². The second kappa shape index (κ2) is 5.18. The van der Waals surface area contributed by atoms with Gasteiger partial charge in [0.1, 0.15) is 0 Å². The van der Waals surface area contributed by atoms with E-state index in [1.54, 1.807) is 0 Å². The Balaban J connectivity index is 1.98. The lowest BCUT2D eigenvalue weighted by Gasteiger charge is -2.12. The lowest BCUT2D eigenvalue weighted by atomic mass is 9.97. The quantitative estimate of drug-likeness (QED) is 0.910. The maximum atomic E-state index is 9.21. The monoisotopic (exact) mass is 298 g/mol. The summed E-state index contributed by atoms with van der Waals surface area (Å²) in [7, 11) is 0. The van der Waals surface area contributed by atoms with Gasteiger partial charge in [-0.3, -0.25) is 0 Å². The smallest absolute Gasteiger partial charge is 0.231 e. The first-order valence-electron chi connectivity index (χ1n) is 7.58. The van der Waals surface area contributed by atoms with Crippen molar-refractivity contribution in [1.82, 2.24) is 10.3 Å². The molecule has 0 unspecified atom stereocenters. The van der Waals surface area contributed by atoms with E-state index in [0.29, 0.717) is 0 Å². The molecule has 2 N–H and O–H groups in total. The van der Waals surface area contributed by atoms with Crippen LogP contribution >= 0.6 is 0 Å². The molecule has 1 aromatic heterocycles. The summed E-state index contributed by atoms with van der Waals surface area (Å²) in [6.45, 7) is 3.25. The molecule has 0 saturated carbocycles. The number of ether oxygens (including phenoxy) is 2. The third-order valence-electron chi connectivity index (χ3n) is 4.28. The summed E-state index contributed by atoms with van der Waals surface area (Å²) in [6, 6.07) is 3.97. The van der Waals surface area contributed by atoms with Gasteiger partial charge in [0.15, 0.2) is 11.5 Å². The maximum absolute atomic E-state index is 9.21. The number of rotatable bonds is 3. The summed E-state index contributed by atoms with van der Waals surface area (Å²) in [6.07, 6.45) is 3.62. The molecule has 5 nitrogen and oxygen atoms in total. The van der Waals surface area contributed by atoms with Crippen molar-refractivity contribution in [3.8, 4) is 11.5 Å². The molecule has 0 spiro atoms. The van der Waals surface area contributed by atoms with Crippen LogP contribution in [-0.2, 0) is 13.0 Å². The highest BCUT2D eigenvalue weighted by molar-refractivity contribution is 5.90. The van der Waals surface area contributed by atoms with Crippen LogP contribution in [0.25, 0.3) is 16.6 Å². The first-order chi connectivity index (χ1) is 10.8. The number of pyridine rings is 1. The van der Waals surface area contributed by atoms with Gasteiger partial charge in [-0.05, 0) is 31.4 Å². The first-order valence-corrected chi connectivity index (χ1v) is 7.58. The molecule has 2 aromatic rings. The van der Waals surface area contributed by atoms with Crippen LogP contribution in [-0.4, -0.2) is 23.5 Å². The number of hydrogen-bond acceptors (Lipinski definition) is 5. The number of aliphatic hydroxyl groups excluding tert-OH is 1. The average molecular weight is 298 g/mol. The number of hydrogen-bond donors (Lipinski definition) is 2. The van der Waals surface area contributed by atoms with Crippen LogP contribution in [0.3, 0.4) is 0 Å². The van der Waals surface area contributed by atoms with E-state index >= 15 is 0 Å². The van der Waals surface area contributed by atoms with Gasteiger partial charge in [-0.15, -0.1) is 0 Å². The minimum atomic E-state index is 0.188. The highest BCUT2D eigenvalue weighted by Gasteiger charge is 2.24. The SMILES string of the molecule is C/C=C1\NCc2c1nc1cc3c(cc1c2CCCO)OCO3. The van der Waals surface area contributed by atoms with Gasteiger partial charge in [0.2, 0.25) is 6.79 Å². The Labute approximate surface area is 128 Å². The summed E-state index contributed by atoms with van der Waals surface area (Å²) < 4.78 is 11.0. The Kier molecular flexibility index (Phi) is 3.15. The summed E-state index contributed by atoms with van der Waals surface area (Å²) in [5.41, 5.74) is 5.48. The van der Waals surface area contributed by atoms with Crippen LogP contribution in [0.15, 0.2) is 18.2 Å². The molecule has 3 heterocycles. The van der Waals surface area contributed by atoms with E-state index < -0.39 is 0 Å². The first kappa shape index (κ1) is 13.4. The van der Waals surface area contributed by atoms with E-state index in [1.165, 1.54) is 11.1 Å². The molecule has 2 aliphatic rings. The van der Waals surface area contributed by atoms with Gasteiger partial charge in [-0.2, -0.15) is 0 Å². The number of aliphatic hydroxyl groups is 1. The lowest BCUT2D eigenvalue weighted by molar-refractivity contribution is 0.174. The number of benzene rings is 1. The van der Waals surface area contributed by atoms with Crippen molar-refractivity contribution in [2.45, 2.75) is 26.3 Å². The van der Waals surface area contributed by atoms with Crippen molar-refractivity contribution in [2.24, 2.45) is 0 Å². The Hall–Kier alpha value is -2.27. The second-order valence-corrected chi connectivity index (χ2v) is 5.52. The van der Waals surface area contributed by atoms with Crippen LogP contribution in [0.5, 0.6) is 11.5 Å². The predicted octanol–water partition coefficient (Wildman–Crippen LogP) is 2.35. The Morgan fingerprint density at radius 1 is 1.32 bits per heavy atom. The van der Waals surface area contributed by atoms with Gasteiger partial charge in [-0.1, -0.05) is 6.08 Å². The normalized spacial score (nSPS) is 17.1. The Morgan fingerprint density at radius 3 is 2.91 bits per heavy atom. The molecule has 22 heavy (non-hydrogen) atoms. The number of nitrogens with zero attached hydrogens (tertiary/aromatic N) is 1. The zero-order valence-electron chi connectivity index (χ0n) is 12.5. The summed E-state index contributed by atoms with van der Waals surface area (Å²) >= 11 is 0. The molecule has 0 bridgehead atoms. The highest BCUT2D eigenvalue weighted by atomic mass is 16.7. The fourth-order valence-electron chi connectivity index (χ4n) is 3.22. The van der Waals surface area contributed by atoms with Gasteiger partial charge in [-0.25, -0.2) is 4.98 Å². The van der Waals surface area contributed by atoms with E-state index in [-0.39, 0.29) is 13.4 Å². The molecular weight excluding hydrogens is 280 g/mol. The topological polar surface area (TPSA) is 63.6 Å². The van der Waals surface area contributed by atoms with Crippen molar-refractivity contribution in [1.29, 1.82) is 0 Å². The van der Waals surface area contributed by atoms with E-state index in [1.807, 2.05) is 25.1 Å². The lowest BCUT2D eigenvalue weighted by Crippen LogP contribution is -2.02. The largest absolute Gasteiger partial charge is 0.454 e. The zero-order valence-corrected chi connectivity index (χ0v) is 12.5. The number of aromatic nitrogens is 1. The molecule has 0 saturated heterocycles. The summed E-state index contributed by atoms with van der Waals surface area (Å²) in [5, 5.41) is 13.7. The maximum Gasteiger partial charge on any atom is 0.231 e. The minimum Gasteiger partial charge on any atom is -0.454 e.